The number of nitrogens with one attached hydrogen (secondary N) is 2. The first-order chi connectivity index (χ1) is 13.3. The van der Waals surface area contributed by atoms with Crippen LogP contribution in [0.25, 0.3) is 22.7 Å². The van der Waals surface area contributed by atoms with Gasteiger partial charge in [0.2, 0.25) is 0 Å². The molecule has 0 radical (unpaired) electrons. The maximum atomic E-state index is 13.3. The Labute approximate surface area is 154 Å². The number of hydrogen-bond acceptors (Lipinski definition) is 5. The molecule has 2 N–H and O–H groups in total. The molecule has 1 aliphatic rings. The fourth-order valence-corrected chi connectivity index (χ4v) is 3.28. The van der Waals surface area contributed by atoms with Gasteiger partial charge in [0.1, 0.15) is 17.2 Å². The summed E-state index contributed by atoms with van der Waals surface area (Å²) in [6.45, 7) is 0. The number of fused-ring (bicyclic) bond motifs is 1. The molecule has 132 valence electrons. The topological polar surface area (TPSA) is 67.1 Å². The number of nitrogens with zero attached hydrogens (tertiary/aromatic N) is 4. The lowest BCUT2D eigenvalue weighted by atomic mass is 9.96. The third-order valence-electron chi connectivity index (χ3n) is 4.60. The molecule has 6 nitrogen and oxygen atoms in total. The number of hydrazine groups is 1. The van der Waals surface area contributed by atoms with E-state index in [1.54, 1.807) is 36.8 Å². The molecule has 7 heteroatoms. The lowest BCUT2D eigenvalue weighted by molar-refractivity contribution is 0.607. The lowest BCUT2D eigenvalue weighted by Gasteiger charge is -2.16. The van der Waals surface area contributed by atoms with Gasteiger partial charge in [0.25, 0.3) is 0 Å². The molecule has 1 aromatic carbocycles. The minimum absolute atomic E-state index is 0.0806. The molecule has 0 saturated heterocycles. The zero-order chi connectivity index (χ0) is 18.2. The zero-order valence-corrected chi connectivity index (χ0v) is 14.2. The molecule has 1 atom stereocenters. The second-order valence-electron chi connectivity index (χ2n) is 6.23. The van der Waals surface area contributed by atoms with Crippen LogP contribution in [0, 0.1) is 5.82 Å². The largest absolute Gasteiger partial charge is 0.328 e. The molecule has 1 unspecified atom stereocenters. The van der Waals surface area contributed by atoms with Crippen molar-refractivity contribution in [1.82, 2.24) is 30.2 Å². The SMILES string of the molecule is Fc1ccc(C2NNC=C2c2ccc3ncc(-c4ncccn4)n3c2)cc1. The van der Waals surface area contributed by atoms with Crippen LogP contribution in [-0.2, 0) is 0 Å². The van der Waals surface area contributed by atoms with Gasteiger partial charge < -0.3 is 5.43 Å². The monoisotopic (exact) mass is 358 g/mol. The molecule has 4 aromatic rings. The quantitative estimate of drug-likeness (QED) is 0.589. The van der Waals surface area contributed by atoms with E-state index in [1.165, 1.54) is 12.1 Å². The molecule has 0 spiro atoms. The van der Waals surface area contributed by atoms with Crippen LogP contribution < -0.4 is 10.9 Å². The number of pyridine rings is 1. The fraction of sp³-hybridized carbons (Fsp3) is 0.0500. The van der Waals surface area contributed by atoms with Crippen molar-refractivity contribution in [3.05, 3.63) is 90.4 Å². The van der Waals surface area contributed by atoms with Crippen molar-refractivity contribution in [2.45, 2.75) is 6.04 Å². The third-order valence-corrected chi connectivity index (χ3v) is 4.60. The number of hydrogen-bond donors (Lipinski definition) is 2. The van der Waals surface area contributed by atoms with E-state index in [0.717, 1.165) is 28.0 Å². The highest BCUT2D eigenvalue weighted by atomic mass is 19.1. The van der Waals surface area contributed by atoms with Crippen LogP contribution >= 0.6 is 0 Å². The average molecular weight is 358 g/mol. The van der Waals surface area contributed by atoms with Crippen molar-refractivity contribution in [2.24, 2.45) is 0 Å². The van der Waals surface area contributed by atoms with Crippen molar-refractivity contribution < 1.29 is 4.39 Å². The summed E-state index contributed by atoms with van der Waals surface area (Å²) in [5.74, 6) is 0.372. The van der Waals surface area contributed by atoms with Crippen molar-refractivity contribution in [3.8, 4) is 11.5 Å². The Morgan fingerprint density at radius 2 is 1.78 bits per heavy atom. The van der Waals surface area contributed by atoms with Gasteiger partial charge in [-0.2, -0.15) is 0 Å². The molecule has 1 aliphatic heterocycles. The summed E-state index contributed by atoms with van der Waals surface area (Å²) in [6.07, 6.45) is 9.13. The Bertz CT molecular complexity index is 1130. The molecule has 4 heterocycles. The van der Waals surface area contributed by atoms with E-state index >= 15 is 0 Å². The predicted octanol–water partition coefficient (Wildman–Crippen LogP) is 3.12. The van der Waals surface area contributed by atoms with Crippen LogP contribution in [0.5, 0.6) is 0 Å². The van der Waals surface area contributed by atoms with Gasteiger partial charge in [0.15, 0.2) is 5.82 Å². The first kappa shape index (κ1) is 15.7. The van der Waals surface area contributed by atoms with E-state index in [4.69, 9.17) is 0 Å². The summed E-state index contributed by atoms with van der Waals surface area (Å²) in [4.78, 5) is 13.1. The van der Waals surface area contributed by atoms with Crippen molar-refractivity contribution in [3.63, 3.8) is 0 Å². The zero-order valence-electron chi connectivity index (χ0n) is 14.2. The molecule has 0 bridgehead atoms. The van der Waals surface area contributed by atoms with E-state index in [2.05, 4.69) is 25.8 Å². The van der Waals surface area contributed by atoms with E-state index in [0.29, 0.717) is 5.82 Å². The van der Waals surface area contributed by atoms with Gasteiger partial charge in [-0.05, 0) is 41.5 Å². The second-order valence-corrected chi connectivity index (χ2v) is 6.23. The molecule has 27 heavy (non-hydrogen) atoms. The number of aromatic nitrogens is 4. The van der Waals surface area contributed by atoms with Gasteiger partial charge in [0.05, 0.1) is 12.2 Å². The van der Waals surface area contributed by atoms with Gasteiger partial charge in [-0.3, -0.25) is 4.40 Å². The van der Waals surface area contributed by atoms with E-state index < -0.39 is 0 Å². The summed E-state index contributed by atoms with van der Waals surface area (Å²) >= 11 is 0. The van der Waals surface area contributed by atoms with Crippen LogP contribution in [0.3, 0.4) is 0 Å². The minimum Gasteiger partial charge on any atom is -0.328 e. The highest BCUT2D eigenvalue weighted by molar-refractivity contribution is 5.73. The third kappa shape index (κ3) is 2.74. The van der Waals surface area contributed by atoms with Gasteiger partial charge >= 0.3 is 0 Å². The van der Waals surface area contributed by atoms with Crippen LogP contribution in [0.4, 0.5) is 4.39 Å². The smallest absolute Gasteiger partial charge is 0.178 e. The Balaban J connectivity index is 1.57. The number of imidazole rings is 1. The molecular formula is C20H15FN6. The number of benzene rings is 1. The lowest BCUT2D eigenvalue weighted by Crippen LogP contribution is -2.25. The average Bonchev–Trinajstić information content (AvgIpc) is 3.36. The summed E-state index contributed by atoms with van der Waals surface area (Å²) in [5.41, 5.74) is 11.0. The maximum absolute atomic E-state index is 13.3. The Morgan fingerprint density at radius 1 is 0.963 bits per heavy atom. The van der Waals surface area contributed by atoms with E-state index in [-0.39, 0.29) is 11.9 Å². The molecule has 0 amide bonds. The summed E-state index contributed by atoms with van der Waals surface area (Å²) < 4.78 is 15.2. The normalized spacial score (nSPS) is 16.3. The van der Waals surface area contributed by atoms with Crippen molar-refractivity contribution in [1.29, 1.82) is 0 Å². The number of halogens is 1. The highest BCUT2D eigenvalue weighted by Gasteiger charge is 2.23. The fourth-order valence-electron chi connectivity index (χ4n) is 3.28. The summed E-state index contributed by atoms with van der Waals surface area (Å²) in [5, 5.41) is 0. The van der Waals surface area contributed by atoms with Gasteiger partial charge in [0, 0.05) is 30.4 Å². The molecule has 5 rings (SSSR count). The molecule has 0 saturated carbocycles. The van der Waals surface area contributed by atoms with Crippen LogP contribution in [0.2, 0.25) is 0 Å². The molecule has 3 aromatic heterocycles. The van der Waals surface area contributed by atoms with Crippen molar-refractivity contribution in [2.75, 3.05) is 0 Å². The standard InChI is InChI=1S/C20H15FN6/c21-15-5-2-13(3-6-15)19-16(10-25-26-19)14-4-7-18-24-11-17(27(18)12-14)20-22-8-1-9-23-20/h1-12,19,25-26H. The maximum Gasteiger partial charge on any atom is 0.178 e. The van der Waals surface area contributed by atoms with Crippen molar-refractivity contribution >= 4 is 11.2 Å². The molecule has 0 fully saturated rings. The van der Waals surface area contributed by atoms with Crippen LogP contribution in [0.1, 0.15) is 17.2 Å². The Kier molecular flexibility index (Phi) is 3.65. The van der Waals surface area contributed by atoms with Gasteiger partial charge in [-0.1, -0.05) is 12.1 Å². The van der Waals surface area contributed by atoms with Crippen LogP contribution in [0.15, 0.2) is 73.5 Å². The predicted molar refractivity (Wildman–Crippen MR) is 99.6 cm³/mol. The molecule has 0 aliphatic carbocycles. The summed E-state index contributed by atoms with van der Waals surface area (Å²) in [6, 6.07) is 12.2. The summed E-state index contributed by atoms with van der Waals surface area (Å²) in [7, 11) is 0. The minimum atomic E-state index is -0.248. The van der Waals surface area contributed by atoms with Gasteiger partial charge in [-0.15, -0.1) is 0 Å². The van der Waals surface area contributed by atoms with E-state index in [1.807, 2.05) is 28.9 Å². The van der Waals surface area contributed by atoms with Crippen LogP contribution in [-0.4, -0.2) is 19.4 Å². The first-order valence-electron chi connectivity index (χ1n) is 8.51. The highest BCUT2D eigenvalue weighted by Crippen LogP contribution is 2.32. The number of rotatable bonds is 3. The Morgan fingerprint density at radius 3 is 2.59 bits per heavy atom. The van der Waals surface area contributed by atoms with E-state index in [9.17, 15) is 4.39 Å². The Hall–Kier alpha value is -3.58. The second kappa shape index (κ2) is 6.30. The molecular weight excluding hydrogens is 343 g/mol. The van der Waals surface area contributed by atoms with Gasteiger partial charge in [-0.25, -0.2) is 24.8 Å². The first-order valence-corrected chi connectivity index (χ1v) is 8.51.